The Morgan fingerprint density at radius 3 is 2.58 bits per heavy atom. The minimum Gasteiger partial charge on any atom is -0.493 e. The lowest BCUT2D eigenvalue weighted by molar-refractivity contribution is -0.136. The number of carbonyl (C=O) groups is 1. The average Bonchev–Trinajstić information content (AvgIpc) is 3.47. The Bertz CT molecular complexity index is 1740. The monoisotopic (exact) mass is 552 g/mol. The summed E-state index contributed by atoms with van der Waals surface area (Å²) in [5.41, 5.74) is 3.50. The molecule has 0 radical (unpaired) electrons. The number of nitrogens with one attached hydrogen (secondary N) is 1. The molecular weight excluding hydrogens is 528 g/mol. The molecule has 6 rings (SSSR count). The maximum absolute atomic E-state index is 13.3. The van der Waals surface area contributed by atoms with E-state index in [9.17, 15) is 4.79 Å². The third-order valence-corrected chi connectivity index (χ3v) is 7.15. The summed E-state index contributed by atoms with van der Waals surface area (Å²) in [7, 11) is 2.94. The molecule has 4 aromatic carbocycles. The van der Waals surface area contributed by atoms with Gasteiger partial charge in [-0.25, -0.2) is 9.48 Å². The zero-order valence-corrected chi connectivity index (χ0v) is 22.6. The van der Waals surface area contributed by atoms with Crippen molar-refractivity contribution in [2.24, 2.45) is 0 Å². The molecule has 0 spiro atoms. The topological polar surface area (TPSA) is 87.5 Å². The number of halogens is 1. The van der Waals surface area contributed by atoms with Crippen molar-refractivity contribution >= 4 is 40.0 Å². The van der Waals surface area contributed by atoms with Crippen molar-refractivity contribution < 1.29 is 19.0 Å². The molecule has 0 fully saturated rings. The molecule has 0 bridgehead atoms. The van der Waals surface area contributed by atoms with Crippen molar-refractivity contribution in [3.8, 4) is 11.5 Å². The second kappa shape index (κ2) is 10.7. The first kappa shape index (κ1) is 25.5. The van der Waals surface area contributed by atoms with Crippen LogP contribution in [0.3, 0.4) is 0 Å². The van der Waals surface area contributed by atoms with Gasteiger partial charge in [0.15, 0.2) is 11.5 Å². The number of nitrogens with zero attached hydrogens (tertiary/aromatic N) is 3. The Morgan fingerprint density at radius 2 is 1.77 bits per heavy atom. The summed E-state index contributed by atoms with van der Waals surface area (Å²) in [5, 5.41) is 10.5. The van der Waals surface area contributed by atoms with Crippen molar-refractivity contribution in [2.75, 3.05) is 19.5 Å². The number of hydrogen-bond donors (Lipinski definition) is 1. The van der Waals surface area contributed by atoms with E-state index in [1.807, 2.05) is 48.5 Å². The smallest absolute Gasteiger partial charge is 0.338 e. The third kappa shape index (κ3) is 4.63. The summed E-state index contributed by atoms with van der Waals surface area (Å²) >= 11 is 6.13. The SMILES string of the molecule is COC(=O)C1=C(c2ccc(Cl)cc2)Nc2ncnn2[C@@H]1c1ccc(OCc2cccc3ccccc23)c(OC)c1. The van der Waals surface area contributed by atoms with E-state index in [1.165, 1.54) is 13.4 Å². The van der Waals surface area contributed by atoms with Gasteiger partial charge < -0.3 is 19.5 Å². The third-order valence-electron chi connectivity index (χ3n) is 6.90. The zero-order chi connectivity index (χ0) is 27.6. The van der Waals surface area contributed by atoms with Crippen LogP contribution in [0.25, 0.3) is 16.5 Å². The molecule has 5 aromatic rings. The van der Waals surface area contributed by atoms with E-state index in [0.717, 1.165) is 27.5 Å². The lowest BCUT2D eigenvalue weighted by Gasteiger charge is -2.29. The predicted molar refractivity (Wildman–Crippen MR) is 153 cm³/mol. The van der Waals surface area contributed by atoms with Crippen molar-refractivity contribution in [3.05, 3.63) is 119 Å². The normalized spacial score (nSPS) is 14.4. The largest absolute Gasteiger partial charge is 0.493 e. The molecule has 200 valence electrons. The van der Waals surface area contributed by atoms with E-state index in [2.05, 4.69) is 39.7 Å². The lowest BCUT2D eigenvalue weighted by atomic mass is 9.92. The van der Waals surface area contributed by atoms with Gasteiger partial charge in [0.05, 0.1) is 25.5 Å². The second-order valence-electron chi connectivity index (χ2n) is 9.18. The van der Waals surface area contributed by atoms with Gasteiger partial charge in [0, 0.05) is 5.02 Å². The van der Waals surface area contributed by atoms with Gasteiger partial charge in [0.1, 0.15) is 19.0 Å². The molecule has 0 amide bonds. The van der Waals surface area contributed by atoms with Crippen LogP contribution in [0, 0.1) is 0 Å². The van der Waals surface area contributed by atoms with Gasteiger partial charge in [-0.05, 0) is 51.7 Å². The van der Waals surface area contributed by atoms with Gasteiger partial charge in [-0.2, -0.15) is 10.1 Å². The standard InChI is InChI=1S/C31H25ClN4O4/c1-38-26-16-21(12-15-25(26)40-17-22-8-5-7-19-6-3-4-9-24(19)22)29-27(30(37)39-2)28(20-10-13-23(32)14-11-20)35-31-33-18-34-36(29)31/h3-16,18,29H,17H2,1-2H3,(H,33,34,35)/t29-/m1/s1. The van der Waals surface area contributed by atoms with Crippen molar-refractivity contribution in [2.45, 2.75) is 12.6 Å². The molecule has 1 aliphatic rings. The fraction of sp³-hybridized carbons (Fsp3) is 0.129. The predicted octanol–water partition coefficient (Wildman–Crippen LogP) is 6.27. The van der Waals surface area contributed by atoms with Gasteiger partial charge in [0.2, 0.25) is 5.95 Å². The Hall–Kier alpha value is -4.82. The summed E-state index contributed by atoms with van der Waals surface area (Å²) in [4.78, 5) is 17.6. The van der Waals surface area contributed by atoms with Crippen molar-refractivity contribution in [1.29, 1.82) is 0 Å². The molecule has 2 heterocycles. The highest BCUT2D eigenvalue weighted by Crippen LogP contribution is 2.41. The highest BCUT2D eigenvalue weighted by atomic mass is 35.5. The minimum atomic E-state index is -0.641. The summed E-state index contributed by atoms with van der Waals surface area (Å²) in [6.45, 7) is 0.367. The fourth-order valence-electron chi connectivity index (χ4n) is 4.99. The molecule has 1 aliphatic heterocycles. The first-order valence-corrected chi connectivity index (χ1v) is 13.0. The summed E-state index contributed by atoms with van der Waals surface area (Å²) in [6, 6.07) is 26.5. The molecule has 1 atom stereocenters. The minimum absolute atomic E-state index is 0.367. The van der Waals surface area contributed by atoms with Crippen LogP contribution in [0.15, 0.2) is 96.8 Å². The number of esters is 1. The van der Waals surface area contributed by atoms with E-state index in [0.29, 0.717) is 40.3 Å². The maximum atomic E-state index is 13.3. The highest BCUT2D eigenvalue weighted by Gasteiger charge is 2.36. The molecule has 0 aliphatic carbocycles. The van der Waals surface area contributed by atoms with Crippen LogP contribution in [0.2, 0.25) is 5.02 Å². The molecule has 40 heavy (non-hydrogen) atoms. The molecule has 0 unspecified atom stereocenters. The van der Waals surface area contributed by atoms with Crippen LogP contribution < -0.4 is 14.8 Å². The van der Waals surface area contributed by atoms with E-state index >= 15 is 0 Å². The molecule has 8 nitrogen and oxygen atoms in total. The number of aromatic nitrogens is 3. The van der Waals surface area contributed by atoms with Crippen LogP contribution in [-0.4, -0.2) is 35.0 Å². The Balaban J connectivity index is 1.40. The number of benzene rings is 4. The van der Waals surface area contributed by atoms with Crippen LogP contribution in [0.5, 0.6) is 11.5 Å². The average molecular weight is 553 g/mol. The van der Waals surface area contributed by atoms with Gasteiger partial charge in [-0.1, -0.05) is 72.3 Å². The maximum Gasteiger partial charge on any atom is 0.338 e. The van der Waals surface area contributed by atoms with Crippen molar-refractivity contribution in [1.82, 2.24) is 14.8 Å². The summed E-state index contributed by atoms with van der Waals surface area (Å²) < 4.78 is 18.8. The highest BCUT2D eigenvalue weighted by molar-refractivity contribution is 6.30. The van der Waals surface area contributed by atoms with Crippen LogP contribution in [-0.2, 0) is 16.1 Å². The number of fused-ring (bicyclic) bond motifs is 2. The van der Waals surface area contributed by atoms with Crippen molar-refractivity contribution in [3.63, 3.8) is 0 Å². The first-order chi connectivity index (χ1) is 19.6. The zero-order valence-electron chi connectivity index (χ0n) is 21.8. The second-order valence-corrected chi connectivity index (χ2v) is 9.62. The van der Waals surface area contributed by atoms with E-state index in [4.69, 9.17) is 25.8 Å². The molecule has 0 saturated heterocycles. The Kier molecular flexibility index (Phi) is 6.84. The number of carbonyl (C=O) groups excluding carboxylic acids is 1. The number of hydrogen-bond acceptors (Lipinski definition) is 7. The van der Waals surface area contributed by atoms with Gasteiger partial charge in [-0.15, -0.1) is 0 Å². The van der Waals surface area contributed by atoms with Crippen LogP contribution in [0.4, 0.5) is 5.95 Å². The van der Waals surface area contributed by atoms with E-state index in [-0.39, 0.29) is 0 Å². The quantitative estimate of drug-likeness (QED) is 0.238. The molecule has 0 saturated carbocycles. The van der Waals surface area contributed by atoms with Gasteiger partial charge >= 0.3 is 5.97 Å². The fourth-order valence-corrected chi connectivity index (χ4v) is 5.12. The molecule has 1 aromatic heterocycles. The number of anilines is 1. The lowest BCUT2D eigenvalue weighted by Crippen LogP contribution is -2.29. The summed E-state index contributed by atoms with van der Waals surface area (Å²) in [5.74, 6) is 1.08. The number of methoxy groups -OCH3 is 2. The summed E-state index contributed by atoms with van der Waals surface area (Å²) in [6.07, 6.45) is 1.44. The molecule has 9 heteroatoms. The van der Waals surface area contributed by atoms with Gasteiger partial charge in [0.25, 0.3) is 0 Å². The van der Waals surface area contributed by atoms with Crippen LogP contribution in [0.1, 0.15) is 22.7 Å². The first-order valence-electron chi connectivity index (χ1n) is 12.6. The molecule has 1 N–H and O–H groups in total. The van der Waals surface area contributed by atoms with E-state index < -0.39 is 12.0 Å². The Labute approximate surface area is 235 Å². The van der Waals surface area contributed by atoms with E-state index in [1.54, 1.807) is 23.9 Å². The van der Waals surface area contributed by atoms with Gasteiger partial charge in [-0.3, -0.25) is 0 Å². The molecular formula is C31H25ClN4O4. The van der Waals surface area contributed by atoms with Crippen LogP contribution >= 0.6 is 11.6 Å². The number of ether oxygens (including phenoxy) is 3. The number of rotatable bonds is 7. The Morgan fingerprint density at radius 1 is 0.975 bits per heavy atom.